The van der Waals surface area contributed by atoms with Gasteiger partial charge in [0.15, 0.2) is 0 Å². The summed E-state index contributed by atoms with van der Waals surface area (Å²) in [6, 6.07) is 1.82. The molecule has 0 aliphatic heterocycles. The van der Waals surface area contributed by atoms with Crippen LogP contribution in [0.15, 0.2) is 12.3 Å². The van der Waals surface area contributed by atoms with Crippen molar-refractivity contribution in [3.8, 4) is 0 Å². The minimum Gasteiger partial charge on any atom is -0.383 e. The first-order chi connectivity index (χ1) is 5.61. The first kappa shape index (κ1) is 9.26. The van der Waals surface area contributed by atoms with E-state index in [1.165, 1.54) is 0 Å². The first-order valence-electron chi connectivity index (χ1n) is 4.33. The number of nitrogens with one attached hydrogen (secondary N) is 1. The Hall–Kier alpha value is -0.830. The van der Waals surface area contributed by atoms with Gasteiger partial charge in [-0.3, -0.25) is 5.10 Å². The molecule has 0 bridgehead atoms. The number of H-pyrrole nitrogens is 1. The Morgan fingerprint density at radius 3 is 2.67 bits per heavy atom. The molecule has 0 fully saturated rings. The van der Waals surface area contributed by atoms with E-state index >= 15 is 0 Å². The van der Waals surface area contributed by atoms with Gasteiger partial charge >= 0.3 is 0 Å². The molecule has 0 spiro atoms. The number of rotatable bonds is 3. The molecule has 0 saturated carbocycles. The molecule has 3 heteroatoms. The molecule has 12 heavy (non-hydrogen) atoms. The fraction of sp³-hybridized carbons (Fsp3) is 0.667. The lowest BCUT2D eigenvalue weighted by molar-refractivity contribution is -0.0180. The van der Waals surface area contributed by atoms with Crippen molar-refractivity contribution in [3.63, 3.8) is 0 Å². The van der Waals surface area contributed by atoms with E-state index in [1.807, 2.05) is 26.8 Å². The van der Waals surface area contributed by atoms with Crippen LogP contribution in [0.2, 0.25) is 0 Å². The lowest BCUT2D eigenvalue weighted by atomic mass is 9.85. The molecule has 1 unspecified atom stereocenters. The van der Waals surface area contributed by atoms with E-state index in [0.717, 1.165) is 5.69 Å². The fourth-order valence-electron chi connectivity index (χ4n) is 1.41. The number of aliphatic hydroxyl groups is 1. The van der Waals surface area contributed by atoms with Crippen molar-refractivity contribution in [1.29, 1.82) is 0 Å². The molecule has 3 nitrogen and oxygen atoms in total. The number of aromatic amines is 1. The van der Waals surface area contributed by atoms with Crippen molar-refractivity contribution in [3.05, 3.63) is 18.0 Å². The van der Waals surface area contributed by atoms with Gasteiger partial charge in [0, 0.05) is 6.20 Å². The third-order valence-corrected chi connectivity index (χ3v) is 2.46. The van der Waals surface area contributed by atoms with E-state index < -0.39 is 5.60 Å². The normalized spacial score (nSPS) is 16.4. The van der Waals surface area contributed by atoms with Crippen LogP contribution in [0, 0.1) is 5.92 Å². The summed E-state index contributed by atoms with van der Waals surface area (Å²) in [6.45, 7) is 5.98. The van der Waals surface area contributed by atoms with E-state index in [0.29, 0.717) is 6.42 Å². The van der Waals surface area contributed by atoms with Crippen LogP contribution in [-0.4, -0.2) is 15.3 Å². The second kappa shape index (κ2) is 3.27. The minimum atomic E-state index is -0.753. The van der Waals surface area contributed by atoms with Crippen molar-refractivity contribution < 1.29 is 5.11 Å². The quantitative estimate of drug-likeness (QED) is 0.721. The van der Waals surface area contributed by atoms with Crippen LogP contribution in [-0.2, 0) is 5.60 Å². The Morgan fingerprint density at radius 2 is 2.33 bits per heavy atom. The topological polar surface area (TPSA) is 48.9 Å². The number of nitrogens with zero attached hydrogens (tertiary/aromatic N) is 1. The van der Waals surface area contributed by atoms with Gasteiger partial charge in [-0.25, -0.2) is 0 Å². The second-order valence-corrected chi connectivity index (χ2v) is 3.40. The number of hydrogen-bond acceptors (Lipinski definition) is 2. The summed E-state index contributed by atoms with van der Waals surface area (Å²) in [4.78, 5) is 0. The zero-order valence-electron chi connectivity index (χ0n) is 7.83. The van der Waals surface area contributed by atoms with Crippen LogP contribution < -0.4 is 0 Å². The molecular formula is C9H16N2O. The smallest absolute Gasteiger partial charge is 0.108 e. The van der Waals surface area contributed by atoms with Gasteiger partial charge in [-0.05, 0) is 18.4 Å². The van der Waals surface area contributed by atoms with Gasteiger partial charge in [0.25, 0.3) is 0 Å². The van der Waals surface area contributed by atoms with E-state index in [-0.39, 0.29) is 5.92 Å². The summed E-state index contributed by atoms with van der Waals surface area (Å²) in [5.74, 6) is 0.197. The van der Waals surface area contributed by atoms with Gasteiger partial charge in [0.05, 0.1) is 5.69 Å². The van der Waals surface area contributed by atoms with Gasteiger partial charge in [-0.1, -0.05) is 20.8 Å². The van der Waals surface area contributed by atoms with Crippen molar-refractivity contribution in [1.82, 2.24) is 10.2 Å². The summed E-state index contributed by atoms with van der Waals surface area (Å²) in [5.41, 5.74) is 0.0521. The standard InChI is InChI=1S/C9H16N2O/c1-4-9(12,7(2)3)8-5-6-10-11-8/h5-7,12H,4H2,1-3H3,(H,10,11). The Bertz CT molecular complexity index is 231. The summed E-state index contributed by atoms with van der Waals surface area (Å²) < 4.78 is 0. The second-order valence-electron chi connectivity index (χ2n) is 3.40. The van der Waals surface area contributed by atoms with Crippen molar-refractivity contribution in [2.75, 3.05) is 0 Å². The van der Waals surface area contributed by atoms with E-state index in [1.54, 1.807) is 6.20 Å². The van der Waals surface area contributed by atoms with Gasteiger partial charge in [0.2, 0.25) is 0 Å². The van der Waals surface area contributed by atoms with Crippen molar-refractivity contribution in [2.24, 2.45) is 5.92 Å². The summed E-state index contributed by atoms with van der Waals surface area (Å²) in [6.07, 6.45) is 2.37. The van der Waals surface area contributed by atoms with Crippen LogP contribution >= 0.6 is 0 Å². The number of aromatic nitrogens is 2. The molecule has 0 saturated heterocycles. The molecule has 0 aliphatic rings. The zero-order valence-corrected chi connectivity index (χ0v) is 7.83. The lowest BCUT2D eigenvalue weighted by Crippen LogP contribution is -2.31. The summed E-state index contributed by atoms with van der Waals surface area (Å²) in [5, 5.41) is 16.8. The highest BCUT2D eigenvalue weighted by Gasteiger charge is 2.32. The summed E-state index contributed by atoms with van der Waals surface area (Å²) in [7, 11) is 0. The average molecular weight is 168 g/mol. The Kier molecular flexibility index (Phi) is 2.52. The van der Waals surface area contributed by atoms with Gasteiger partial charge in [-0.2, -0.15) is 5.10 Å². The SMILES string of the molecule is CCC(O)(c1ccn[nH]1)C(C)C. The molecule has 1 atom stereocenters. The predicted octanol–water partition coefficient (Wildman–Crippen LogP) is 1.66. The molecule has 1 aromatic rings. The largest absolute Gasteiger partial charge is 0.383 e. The molecule has 0 aromatic carbocycles. The van der Waals surface area contributed by atoms with Crippen LogP contribution in [0.3, 0.4) is 0 Å². The molecule has 1 heterocycles. The highest BCUT2D eigenvalue weighted by atomic mass is 16.3. The molecule has 1 rings (SSSR count). The van der Waals surface area contributed by atoms with Gasteiger partial charge in [0.1, 0.15) is 5.60 Å². The first-order valence-corrected chi connectivity index (χ1v) is 4.33. The highest BCUT2D eigenvalue weighted by Crippen LogP contribution is 2.30. The Labute approximate surface area is 72.8 Å². The maximum Gasteiger partial charge on any atom is 0.108 e. The molecule has 0 radical (unpaired) electrons. The summed E-state index contributed by atoms with van der Waals surface area (Å²) >= 11 is 0. The van der Waals surface area contributed by atoms with Crippen molar-refractivity contribution in [2.45, 2.75) is 32.8 Å². The van der Waals surface area contributed by atoms with Gasteiger partial charge < -0.3 is 5.11 Å². The highest BCUT2D eigenvalue weighted by molar-refractivity contribution is 5.10. The number of hydrogen-bond donors (Lipinski definition) is 2. The van der Waals surface area contributed by atoms with E-state index in [9.17, 15) is 5.11 Å². The molecule has 0 amide bonds. The average Bonchev–Trinajstić information content (AvgIpc) is 2.54. The predicted molar refractivity (Wildman–Crippen MR) is 47.6 cm³/mol. The van der Waals surface area contributed by atoms with Crippen molar-refractivity contribution >= 4 is 0 Å². The maximum atomic E-state index is 10.2. The molecule has 1 aromatic heterocycles. The van der Waals surface area contributed by atoms with Gasteiger partial charge in [-0.15, -0.1) is 0 Å². The lowest BCUT2D eigenvalue weighted by Gasteiger charge is -2.29. The zero-order chi connectivity index (χ0) is 9.19. The van der Waals surface area contributed by atoms with Crippen LogP contribution in [0.1, 0.15) is 32.9 Å². The Balaban J connectivity index is 2.96. The molecule has 2 N–H and O–H groups in total. The molecule has 0 aliphatic carbocycles. The third kappa shape index (κ3) is 1.37. The fourth-order valence-corrected chi connectivity index (χ4v) is 1.41. The monoisotopic (exact) mass is 168 g/mol. The van der Waals surface area contributed by atoms with Crippen LogP contribution in [0.25, 0.3) is 0 Å². The van der Waals surface area contributed by atoms with E-state index in [4.69, 9.17) is 0 Å². The Morgan fingerprint density at radius 1 is 1.67 bits per heavy atom. The van der Waals surface area contributed by atoms with E-state index in [2.05, 4.69) is 10.2 Å². The minimum absolute atomic E-state index is 0.197. The third-order valence-electron chi connectivity index (χ3n) is 2.46. The molecule has 68 valence electrons. The molecular weight excluding hydrogens is 152 g/mol. The van der Waals surface area contributed by atoms with Crippen LogP contribution in [0.5, 0.6) is 0 Å². The van der Waals surface area contributed by atoms with Crippen LogP contribution in [0.4, 0.5) is 0 Å². The maximum absolute atomic E-state index is 10.2.